The zero-order valence-corrected chi connectivity index (χ0v) is 16.5. The zero-order valence-electron chi connectivity index (χ0n) is 15.7. The smallest absolute Gasteiger partial charge is 0.331 e. The number of benzene rings is 1. The van der Waals surface area contributed by atoms with E-state index in [0.717, 1.165) is 11.1 Å². The van der Waals surface area contributed by atoms with E-state index in [2.05, 4.69) is 0 Å². The molecule has 0 saturated carbocycles. The molecule has 0 unspecified atom stereocenters. The summed E-state index contributed by atoms with van der Waals surface area (Å²) in [5.41, 5.74) is 1.98. The molecular weight excluding hydrogens is 376 g/mol. The highest BCUT2D eigenvalue weighted by atomic mass is 32.1. The first kappa shape index (κ1) is 19.8. The van der Waals surface area contributed by atoms with Crippen LogP contribution < -0.4 is 0 Å². The summed E-state index contributed by atoms with van der Waals surface area (Å²) in [6.45, 7) is 3.49. The van der Waals surface area contributed by atoms with Gasteiger partial charge in [0.05, 0.1) is 4.88 Å². The van der Waals surface area contributed by atoms with Gasteiger partial charge in [-0.1, -0.05) is 30.3 Å². The Morgan fingerprint density at radius 2 is 1.75 bits per heavy atom. The summed E-state index contributed by atoms with van der Waals surface area (Å²) < 4.78 is 5.06. The maximum atomic E-state index is 12.3. The topological polar surface area (TPSA) is 66.9 Å². The zero-order chi connectivity index (χ0) is 19.9. The van der Waals surface area contributed by atoms with Gasteiger partial charge in [0, 0.05) is 32.3 Å². The number of carbonyl (C=O) groups is 3. The number of thiophene rings is 1. The largest absolute Gasteiger partial charge is 0.452 e. The molecule has 0 aliphatic carbocycles. The third-order valence-corrected chi connectivity index (χ3v) is 5.43. The van der Waals surface area contributed by atoms with Crippen LogP contribution in [-0.2, 0) is 14.3 Å². The molecule has 1 aromatic heterocycles. The van der Waals surface area contributed by atoms with Crippen molar-refractivity contribution in [2.45, 2.75) is 6.92 Å². The summed E-state index contributed by atoms with van der Waals surface area (Å²) in [7, 11) is 0. The molecule has 1 aromatic carbocycles. The van der Waals surface area contributed by atoms with Crippen LogP contribution in [0.2, 0.25) is 0 Å². The van der Waals surface area contributed by atoms with Crippen LogP contribution in [0.15, 0.2) is 47.9 Å². The minimum atomic E-state index is -0.553. The molecule has 3 rings (SSSR count). The normalized spacial score (nSPS) is 14.3. The molecule has 2 heterocycles. The summed E-state index contributed by atoms with van der Waals surface area (Å²) in [5, 5.41) is 1.87. The minimum absolute atomic E-state index is 0.00475. The maximum absolute atomic E-state index is 12.3. The summed E-state index contributed by atoms with van der Waals surface area (Å²) in [6.07, 6.45) is 3.00. The van der Waals surface area contributed by atoms with E-state index in [4.69, 9.17) is 4.74 Å². The molecule has 0 atom stereocenters. The Hall–Kier alpha value is -2.93. The van der Waals surface area contributed by atoms with Crippen molar-refractivity contribution in [2.24, 2.45) is 0 Å². The van der Waals surface area contributed by atoms with Gasteiger partial charge < -0.3 is 14.5 Å². The summed E-state index contributed by atoms with van der Waals surface area (Å²) in [4.78, 5) is 40.5. The second kappa shape index (κ2) is 9.32. The van der Waals surface area contributed by atoms with Crippen molar-refractivity contribution in [1.82, 2.24) is 9.80 Å². The first-order chi connectivity index (χ1) is 13.5. The Bertz CT molecular complexity index is 868. The molecule has 0 N–H and O–H groups in total. The number of hydrogen-bond acceptors (Lipinski definition) is 5. The molecule has 1 fully saturated rings. The third-order valence-electron chi connectivity index (χ3n) is 4.58. The fourth-order valence-corrected chi connectivity index (χ4v) is 3.61. The van der Waals surface area contributed by atoms with E-state index in [1.165, 1.54) is 17.4 Å². The van der Waals surface area contributed by atoms with E-state index in [-0.39, 0.29) is 18.4 Å². The van der Waals surface area contributed by atoms with E-state index in [1.807, 2.05) is 42.6 Å². The maximum Gasteiger partial charge on any atom is 0.331 e. The van der Waals surface area contributed by atoms with E-state index in [9.17, 15) is 14.4 Å². The highest BCUT2D eigenvalue weighted by Gasteiger charge is 2.25. The van der Waals surface area contributed by atoms with Crippen LogP contribution in [-0.4, -0.2) is 60.4 Å². The number of piperazine rings is 1. The molecule has 2 aromatic rings. The van der Waals surface area contributed by atoms with Gasteiger partial charge in [0.25, 0.3) is 11.8 Å². The van der Waals surface area contributed by atoms with E-state index in [0.29, 0.717) is 31.1 Å². The molecule has 7 heteroatoms. The van der Waals surface area contributed by atoms with E-state index in [1.54, 1.807) is 21.9 Å². The van der Waals surface area contributed by atoms with Gasteiger partial charge in [-0.2, -0.15) is 0 Å². The van der Waals surface area contributed by atoms with Gasteiger partial charge in [-0.15, -0.1) is 11.3 Å². The Morgan fingerprint density at radius 1 is 1.04 bits per heavy atom. The van der Waals surface area contributed by atoms with Crippen LogP contribution in [0.5, 0.6) is 0 Å². The highest BCUT2D eigenvalue weighted by molar-refractivity contribution is 7.12. The van der Waals surface area contributed by atoms with Gasteiger partial charge in [-0.05, 0) is 35.6 Å². The summed E-state index contributed by atoms with van der Waals surface area (Å²) >= 11 is 1.41. The Kier molecular flexibility index (Phi) is 6.60. The number of nitrogens with zero attached hydrogens (tertiary/aromatic N) is 2. The van der Waals surface area contributed by atoms with Crippen molar-refractivity contribution < 1.29 is 19.1 Å². The number of rotatable bonds is 5. The molecule has 146 valence electrons. The summed E-state index contributed by atoms with van der Waals surface area (Å²) in [6, 6.07) is 11.3. The second-order valence-corrected chi connectivity index (χ2v) is 7.40. The number of amides is 2. The highest BCUT2D eigenvalue weighted by Crippen LogP contribution is 2.14. The van der Waals surface area contributed by atoms with Gasteiger partial charge >= 0.3 is 5.97 Å². The van der Waals surface area contributed by atoms with Gasteiger partial charge in [0.2, 0.25) is 0 Å². The van der Waals surface area contributed by atoms with Gasteiger partial charge in [0.1, 0.15) is 0 Å². The molecule has 0 radical (unpaired) electrons. The minimum Gasteiger partial charge on any atom is -0.452 e. The van der Waals surface area contributed by atoms with Crippen molar-refractivity contribution in [3.63, 3.8) is 0 Å². The lowest BCUT2D eigenvalue weighted by Gasteiger charge is -2.34. The predicted molar refractivity (Wildman–Crippen MR) is 108 cm³/mol. The van der Waals surface area contributed by atoms with Crippen LogP contribution in [0.3, 0.4) is 0 Å². The number of aryl methyl sites for hydroxylation is 1. The Balaban J connectivity index is 1.42. The molecule has 1 aliphatic heterocycles. The van der Waals surface area contributed by atoms with Crippen LogP contribution in [0.25, 0.3) is 6.08 Å². The fraction of sp³-hybridized carbons (Fsp3) is 0.286. The number of carbonyl (C=O) groups excluding carboxylic acids is 3. The second-order valence-electron chi connectivity index (χ2n) is 6.45. The Morgan fingerprint density at radius 3 is 2.43 bits per heavy atom. The van der Waals surface area contributed by atoms with Crippen molar-refractivity contribution in [3.05, 3.63) is 63.9 Å². The predicted octanol–water partition coefficient (Wildman–Crippen LogP) is 2.60. The monoisotopic (exact) mass is 398 g/mol. The lowest BCUT2D eigenvalue weighted by atomic mass is 10.1. The molecule has 1 saturated heterocycles. The van der Waals surface area contributed by atoms with Crippen LogP contribution in [0.1, 0.15) is 20.8 Å². The Labute approximate surface area is 168 Å². The molecule has 0 spiro atoms. The van der Waals surface area contributed by atoms with Gasteiger partial charge in [-0.25, -0.2) is 4.79 Å². The standard InChI is InChI=1S/C21H22N2O4S/c1-16-5-2-3-6-17(16)8-9-20(25)27-15-19(24)22-10-12-23(13-11-22)21(26)18-7-4-14-28-18/h2-9,14H,10-13,15H2,1H3/b9-8+. The number of esters is 1. The SMILES string of the molecule is Cc1ccccc1/C=C/C(=O)OCC(=O)N1CCN(C(=O)c2cccs2)CC1. The van der Waals surface area contributed by atoms with E-state index >= 15 is 0 Å². The molecule has 1 aliphatic rings. The number of ether oxygens (including phenoxy) is 1. The van der Waals surface area contributed by atoms with E-state index < -0.39 is 5.97 Å². The van der Waals surface area contributed by atoms with Crippen molar-refractivity contribution >= 4 is 35.2 Å². The average molecular weight is 398 g/mol. The van der Waals surface area contributed by atoms with Crippen LogP contribution in [0.4, 0.5) is 0 Å². The van der Waals surface area contributed by atoms with Crippen LogP contribution >= 0.6 is 11.3 Å². The summed E-state index contributed by atoms with van der Waals surface area (Å²) in [5.74, 6) is -0.807. The molecule has 28 heavy (non-hydrogen) atoms. The van der Waals surface area contributed by atoms with Crippen molar-refractivity contribution in [3.8, 4) is 0 Å². The first-order valence-electron chi connectivity index (χ1n) is 9.05. The lowest BCUT2D eigenvalue weighted by molar-refractivity contribution is -0.148. The molecular formula is C21H22N2O4S. The fourth-order valence-electron chi connectivity index (χ4n) is 2.92. The molecule has 0 bridgehead atoms. The van der Waals surface area contributed by atoms with Gasteiger partial charge in [0.15, 0.2) is 6.61 Å². The molecule has 6 nitrogen and oxygen atoms in total. The number of hydrogen-bond donors (Lipinski definition) is 0. The first-order valence-corrected chi connectivity index (χ1v) is 9.93. The van der Waals surface area contributed by atoms with Crippen LogP contribution in [0, 0.1) is 6.92 Å². The lowest BCUT2D eigenvalue weighted by Crippen LogP contribution is -2.51. The van der Waals surface area contributed by atoms with Crippen molar-refractivity contribution in [2.75, 3.05) is 32.8 Å². The average Bonchev–Trinajstić information content (AvgIpc) is 3.26. The van der Waals surface area contributed by atoms with Crippen molar-refractivity contribution in [1.29, 1.82) is 0 Å². The molecule has 2 amide bonds. The van der Waals surface area contributed by atoms with Gasteiger partial charge in [-0.3, -0.25) is 9.59 Å². The third kappa shape index (κ3) is 5.07. The quantitative estimate of drug-likeness (QED) is 0.574.